The van der Waals surface area contributed by atoms with Gasteiger partial charge >= 0.3 is 0 Å². The molecule has 1 aliphatic carbocycles. The summed E-state index contributed by atoms with van der Waals surface area (Å²) in [5.74, 6) is -0.314. The average molecular weight is 241 g/mol. The number of amides is 2. The zero-order chi connectivity index (χ0) is 12.4. The monoisotopic (exact) mass is 241 g/mol. The fourth-order valence-electron chi connectivity index (χ4n) is 1.87. The maximum absolute atomic E-state index is 12.0. The van der Waals surface area contributed by atoms with Gasteiger partial charge < -0.3 is 20.7 Å². The third-order valence-corrected chi connectivity index (χ3v) is 3.03. The van der Waals surface area contributed by atoms with E-state index in [1.807, 2.05) is 0 Å². The van der Waals surface area contributed by atoms with Crippen LogP contribution in [0, 0.1) is 0 Å². The average Bonchev–Trinajstić information content (AvgIpc) is 3.11. The van der Waals surface area contributed by atoms with Crippen LogP contribution in [0.15, 0.2) is 0 Å². The molecular formula is C11H19N3O3. The van der Waals surface area contributed by atoms with Crippen LogP contribution >= 0.6 is 0 Å². The summed E-state index contributed by atoms with van der Waals surface area (Å²) in [5, 5.41) is 2.89. The first-order valence-corrected chi connectivity index (χ1v) is 6.04. The number of nitrogens with two attached hydrogens (primary N) is 1. The summed E-state index contributed by atoms with van der Waals surface area (Å²) >= 11 is 0. The molecule has 2 aliphatic rings. The van der Waals surface area contributed by atoms with Crippen molar-refractivity contribution in [1.82, 2.24) is 10.2 Å². The molecule has 2 unspecified atom stereocenters. The van der Waals surface area contributed by atoms with E-state index in [4.69, 9.17) is 10.5 Å². The van der Waals surface area contributed by atoms with Crippen LogP contribution < -0.4 is 11.1 Å². The second-order valence-corrected chi connectivity index (χ2v) is 4.69. The normalized spacial score (nSPS) is 26.5. The second-order valence-electron chi connectivity index (χ2n) is 4.69. The van der Waals surface area contributed by atoms with Crippen molar-refractivity contribution < 1.29 is 14.3 Å². The fourth-order valence-corrected chi connectivity index (χ4v) is 1.87. The zero-order valence-electron chi connectivity index (χ0n) is 10.0. The number of ether oxygens (including phenoxy) is 1. The maximum Gasteiger partial charge on any atom is 0.245 e. The molecule has 3 N–H and O–H groups in total. The van der Waals surface area contributed by atoms with Crippen molar-refractivity contribution in [2.24, 2.45) is 5.73 Å². The van der Waals surface area contributed by atoms with Gasteiger partial charge in [-0.25, -0.2) is 0 Å². The first-order chi connectivity index (χ1) is 8.09. The van der Waals surface area contributed by atoms with Crippen LogP contribution in [0.2, 0.25) is 0 Å². The Morgan fingerprint density at radius 2 is 2.18 bits per heavy atom. The molecule has 2 atom stereocenters. The molecule has 0 aromatic carbocycles. The molecule has 1 saturated carbocycles. The van der Waals surface area contributed by atoms with Gasteiger partial charge in [0.15, 0.2) is 0 Å². The Bertz CT molecular complexity index is 315. The van der Waals surface area contributed by atoms with Gasteiger partial charge in [0.05, 0.1) is 19.3 Å². The van der Waals surface area contributed by atoms with Crippen LogP contribution in [-0.2, 0) is 14.3 Å². The lowest BCUT2D eigenvalue weighted by atomic mass is 10.1. The van der Waals surface area contributed by atoms with Crippen molar-refractivity contribution in [2.45, 2.75) is 37.9 Å². The first kappa shape index (κ1) is 12.3. The predicted molar refractivity (Wildman–Crippen MR) is 61.1 cm³/mol. The Morgan fingerprint density at radius 1 is 1.47 bits per heavy atom. The Kier molecular flexibility index (Phi) is 3.63. The molecular weight excluding hydrogens is 222 g/mol. The van der Waals surface area contributed by atoms with Crippen LogP contribution in [0.4, 0.5) is 0 Å². The number of nitrogens with zero attached hydrogens (tertiary/aromatic N) is 1. The second kappa shape index (κ2) is 5.01. The molecule has 0 bridgehead atoms. The van der Waals surface area contributed by atoms with Crippen LogP contribution in [0.3, 0.4) is 0 Å². The Hall–Kier alpha value is -1.14. The highest BCUT2D eigenvalue weighted by Gasteiger charge is 2.36. The Balaban J connectivity index is 2.00. The van der Waals surface area contributed by atoms with E-state index in [2.05, 4.69) is 5.32 Å². The zero-order valence-corrected chi connectivity index (χ0v) is 10.0. The molecule has 1 saturated heterocycles. The number of nitrogens with one attached hydrogen (secondary N) is 1. The molecule has 96 valence electrons. The largest absolute Gasteiger partial charge is 0.377 e. The SMILES string of the molecule is CC(N)C(=O)N1CCOCC1C(=O)NC1CC1. The van der Waals surface area contributed by atoms with Crippen LogP contribution in [0.5, 0.6) is 0 Å². The van der Waals surface area contributed by atoms with Crippen molar-refractivity contribution in [2.75, 3.05) is 19.8 Å². The van der Waals surface area contributed by atoms with Gasteiger partial charge in [0, 0.05) is 12.6 Å². The van der Waals surface area contributed by atoms with E-state index in [-0.39, 0.29) is 24.5 Å². The minimum absolute atomic E-state index is 0.124. The first-order valence-electron chi connectivity index (χ1n) is 6.04. The van der Waals surface area contributed by atoms with Gasteiger partial charge in [0.25, 0.3) is 0 Å². The van der Waals surface area contributed by atoms with Gasteiger partial charge in [-0.1, -0.05) is 0 Å². The molecule has 2 fully saturated rings. The number of rotatable bonds is 3. The molecule has 6 nitrogen and oxygen atoms in total. The van der Waals surface area contributed by atoms with Crippen molar-refractivity contribution in [1.29, 1.82) is 0 Å². The quantitative estimate of drug-likeness (QED) is 0.652. The molecule has 2 amide bonds. The van der Waals surface area contributed by atoms with E-state index < -0.39 is 12.1 Å². The number of hydrogen-bond donors (Lipinski definition) is 2. The minimum atomic E-state index is -0.579. The summed E-state index contributed by atoms with van der Waals surface area (Å²) in [6, 6.07) is -0.816. The summed E-state index contributed by atoms with van der Waals surface area (Å²) in [4.78, 5) is 25.4. The lowest BCUT2D eigenvalue weighted by molar-refractivity contribution is -0.149. The highest BCUT2D eigenvalue weighted by Crippen LogP contribution is 2.19. The third kappa shape index (κ3) is 2.95. The van der Waals surface area contributed by atoms with E-state index in [9.17, 15) is 9.59 Å². The summed E-state index contributed by atoms with van der Waals surface area (Å²) in [7, 11) is 0. The molecule has 0 aromatic heterocycles. The molecule has 0 spiro atoms. The van der Waals surface area contributed by atoms with E-state index in [1.165, 1.54) is 4.90 Å². The van der Waals surface area contributed by atoms with Crippen molar-refractivity contribution in [3.8, 4) is 0 Å². The summed E-state index contributed by atoms with van der Waals surface area (Å²) < 4.78 is 5.27. The standard InChI is InChI=1S/C11H19N3O3/c1-7(12)11(16)14-4-5-17-6-9(14)10(15)13-8-2-3-8/h7-9H,2-6,12H2,1H3,(H,13,15). The van der Waals surface area contributed by atoms with E-state index >= 15 is 0 Å². The number of carbonyl (C=O) groups is 2. The van der Waals surface area contributed by atoms with Crippen molar-refractivity contribution in [3.05, 3.63) is 0 Å². The van der Waals surface area contributed by atoms with Gasteiger partial charge in [0.1, 0.15) is 6.04 Å². The maximum atomic E-state index is 12.0. The molecule has 6 heteroatoms. The highest BCUT2D eigenvalue weighted by atomic mass is 16.5. The lowest BCUT2D eigenvalue weighted by Crippen LogP contribution is -2.59. The Labute approximate surface area is 100 Å². The molecule has 0 aromatic rings. The fraction of sp³-hybridized carbons (Fsp3) is 0.818. The van der Waals surface area contributed by atoms with Crippen LogP contribution in [0.1, 0.15) is 19.8 Å². The predicted octanol–water partition coefficient (Wildman–Crippen LogP) is -1.16. The minimum Gasteiger partial charge on any atom is -0.377 e. The lowest BCUT2D eigenvalue weighted by Gasteiger charge is -2.35. The van der Waals surface area contributed by atoms with Gasteiger partial charge in [0.2, 0.25) is 11.8 Å². The van der Waals surface area contributed by atoms with E-state index in [1.54, 1.807) is 6.92 Å². The van der Waals surface area contributed by atoms with Crippen LogP contribution in [-0.4, -0.2) is 54.6 Å². The molecule has 1 aliphatic heterocycles. The molecule has 1 heterocycles. The number of morpholine rings is 1. The molecule has 0 radical (unpaired) electrons. The van der Waals surface area contributed by atoms with E-state index in [0.29, 0.717) is 13.2 Å². The third-order valence-electron chi connectivity index (χ3n) is 3.03. The van der Waals surface area contributed by atoms with Crippen molar-refractivity contribution in [3.63, 3.8) is 0 Å². The molecule has 17 heavy (non-hydrogen) atoms. The van der Waals surface area contributed by atoms with Crippen LogP contribution in [0.25, 0.3) is 0 Å². The molecule has 2 rings (SSSR count). The number of hydrogen-bond acceptors (Lipinski definition) is 4. The van der Waals surface area contributed by atoms with Crippen molar-refractivity contribution >= 4 is 11.8 Å². The smallest absolute Gasteiger partial charge is 0.245 e. The highest BCUT2D eigenvalue weighted by molar-refractivity contribution is 5.90. The van der Waals surface area contributed by atoms with E-state index in [0.717, 1.165) is 12.8 Å². The van der Waals surface area contributed by atoms with Gasteiger partial charge in [-0.3, -0.25) is 9.59 Å². The van der Waals surface area contributed by atoms with Gasteiger partial charge in [-0.2, -0.15) is 0 Å². The summed E-state index contributed by atoms with van der Waals surface area (Å²) in [6.07, 6.45) is 2.06. The van der Waals surface area contributed by atoms with Gasteiger partial charge in [-0.05, 0) is 19.8 Å². The number of carbonyl (C=O) groups excluding carboxylic acids is 2. The summed E-state index contributed by atoms with van der Waals surface area (Å²) in [5.41, 5.74) is 5.58. The topological polar surface area (TPSA) is 84.7 Å². The Morgan fingerprint density at radius 3 is 2.76 bits per heavy atom. The van der Waals surface area contributed by atoms with Gasteiger partial charge in [-0.15, -0.1) is 0 Å². The summed E-state index contributed by atoms with van der Waals surface area (Å²) in [6.45, 7) is 2.79.